The van der Waals surface area contributed by atoms with Crippen molar-refractivity contribution in [3.8, 4) is 0 Å². The molecule has 2 aromatic carbocycles. The van der Waals surface area contributed by atoms with E-state index in [0.29, 0.717) is 0 Å². The molecule has 0 radical (unpaired) electrons. The third kappa shape index (κ3) is 3.34. The minimum absolute atomic E-state index is 0.854. The third-order valence-electron chi connectivity index (χ3n) is 2.79. The van der Waals surface area contributed by atoms with Gasteiger partial charge in [-0.1, -0.05) is 43.3 Å². The van der Waals surface area contributed by atoms with E-state index >= 15 is 0 Å². The van der Waals surface area contributed by atoms with Crippen LogP contribution in [0.15, 0.2) is 53.0 Å². The molecular formula is C15H16BrN. The Labute approximate surface area is 111 Å². The first-order valence-electron chi connectivity index (χ1n) is 5.86. The summed E-state index contributed by atoms with van der Waals surface area (Å²) in [5.74, 6) is 0. The van der Waals surface area contributed by atoms with Gasteiger partial charge in [0.15, 0.2) is 0 Å². The Balaban J connectivity index is 2.00. The van der Waals surface area contributed by atoms with Gasteiger partial charge >= 0.3 is 0 Å². The zero-order valence-corrected chi connectivity index (χ0v) is 11.5. The van der Waals surface area contributed by atoms with Gasteiger partial charge in [0.1, 0.15) is 0 Å². The first-order chi connectivity index (χ1) is 8.29. The number of rotatable bonds is 4. The van der Waals surface area contributed by atoms with E-state index in [1.165, 1.54) is 11.1 Å². The number of nitrogens with one attached hydrogen (secondary N) is 1. The quantitative estimate of drug-likeness (QED) is 0.866. The molecule has 0 amide bonds. The first-order valence-corrected chi connectivity index (χ1v) is 6.65. The second-order valence-corrected chi connectivity index (χ2v) is 4.86. The lowest BCUT2D eigenvalue weighted by Gasteiger charge is -2.08. The van der Waals surface area contributed by atoms with E-state index in [0.717, 1.165) is 23.1 Å². The molecule has 0 aliphatic carbocycles. The normalized spacial score (nSPS) is 10.2. The fourth-order valence-electron chi connectivity index (χ4n) is 1.69. The Morgan fingerprint density at radius 1 is 0.941 bits per heavy atom. The highest BCUT2D eigenvalue weighted by Gasteiger charge is 1.98. The highest BCUT2D eigenvalue weighted by molar-refractivity contribution is 9.10. The van der Waals surface area contributed by atoms with E-state index in [9.17, 15) is 0 Å². The molecule has 0 spiro atoms. The zero-order chi connectivity index (χ0) is 12.1. The van der Waals surface area contributed by atoms with E-state index < -0.39 is 0 Å². The molecule has 0 saturated carbocycles. The van der Waals surface area contributed by atoms with Gasteiger partial charge in [-0.2, -0.15) is 0 Å². The second-order valence-electron chi connectivity index (χ2n) is 4.00. The Kier molecular flexibility index (Phi) is 4.21. The molecule has 1 N–H and O–H groups in total. The Morgan fingerprint density at radius 3 is 2.24 bits per heavy atom. The monoisotopic (exact) mass is 289 g/mol. The highest BCUT2D eigenvalue weighted by atomic mass is 79.9. The van der Waals surface area contributed by atoms with Crippen molar-refractivity contribution >= 4 is 21.6 Å². The van der Waals surface area contributed by atoms with Crippen LogP contribution in [0.1, 0.15) is 18.1 Å². The van der Waals surface area contributed by atoms with Crippen molar-refractivity contribution in [3.05, 3.63) is 64.1 Å². The van der Waals surface area contributed by atoms with Gasteiger partial charge in [-0.05, 0) is 45.6 Å². The van der Waals surface area contributed by atoms with Crippen LogP contribution in [0.25, 0.3) is 0 Å². The molecule has 0 aromatic heterocycles. The maximum absolute atomic E-state index is 3.53. The van der Waals surface area contributed by atoms with Crippen LogP contribution in [-0.4, -0.2) is 0 Å². The number of halogens is 1. The predicted octanol–water partition coefficient (Wildman–Crippen LogP) is 4.62. The predicted molar refractivity (Wildman–Crippen MR) is 77.3 cm³/mol. The van der Waals surface area contributed by atoms with Crippen LogP contribution in [0.3, 0.4) is 0 Å². The molecule has 1 nitrogen and oxygen atoms in total. The minimum Gasteiger partial charge on any atom is -0.380 e. The second kappa shape index (κ2) is 5.87. The van der Waals surface area contributed by atoms with Gasteiger partial charge in [-0.15, -0.1) is 0 Å². The van der Waals surface area contributed by atoms with Crippen molar-refractivity contribution in [1.82, 2.24) is 0 Å². The molecule has 88 valence electrons. The van der Waals surface area contributed by atoms with Crippen molar-refractivity contribution in [3.63, 3.8) is 0 Å². The molecule has 2 heteroatoms. The average Bonchev–Trinajstić information content (AvgIpc) is 2.38. The summed E-state index contributed by atoms with van der Waals surface area (Å²) < 4.78 is 1.10. The molecule has 2 aromatic rings. The van der Waals surface area contributed by atoms with Gasteiger partial charge in [0, 0.05) is 16.7 Å². The van der Waals surface area contributed by atoms with Gasteiger partial charge in [-0.25, -0.2) is 0 Å². The Hall–Kier alpha value is -1.28. The van der Waals surface area contributed by atoms with Gasteiger partial charge < -0.3 is 5.32 Å². The first kappa shape index (κ1) is 12.2. The molecule has 0 unspecified atom stereocenters. The smallest absolute Gasteiger partial charge is 0.0487 e. The largest absolute Gasteiger partial charge is 0.380 e. The van der Waals surface area contributed by atoms with Crippen LogP contribution < -0.4 is 5.32 Å². The van der Waals surface area contributed by atoms with Crippen molar-refractivity contribution in [2.24, 2.45) is 0 Å². The Morgan fingerprint density at radius 2 is 1.59 bits per heavy atom. The molecule has 0 aliphatic rings. The number of aryl methyl sites for hydroxylation is 1. The maximum Gasteiger partial charge on any atom is 0.0487 e. The zero-order valence-electron chi connectivity index (χ0n) is 9.91. The molecule has 0 saturated heterocycles. The summed E-state index contributed by atoms with van der Waals surface area (Å²) in [6.45, 7) is 3.03. The summed E-state index contributed by atoms with van der Waals surface area (Å²) >= 11 is 3.53. The van der Waals surface area contributed by atoms with E-state index in [1.807, 2.05) is 18.2 Å². The lowest BCUT2D eigenvalue weighted by molar-refractivity contribution is 1.10. The fraction of sp³-hybridized carbons (Fsp3) is 0.200. The molecule has 0 heterocycles. The number of hydrogen-bond donors (Lipinski definition) is 1. The molecule has 0 aliphatic heterocycles. The summed E-state index contributed by atoms with van der Waals surface area (Å²) in [5.41, 5.74) is 3.82. The van der Waals surface area contributed by atoms with Crippen LogP contribution in [0, 0.1) is 0 Å². The van der Waals surface area contributed by atoms with Crippen LogP contribution >= 0.6 is 15.9 Å². The number of benzene rings is 2. The number of anilines is 1. The van der Waals surface area contributed by atoms with Crippen LogP contribution in [-0.2, 0) is 13.0 Å². The van der Waals surface area contributed by atoms with Crippen molar-refractivity contribution in [2.75, 3.05) is 5.32 Å². The van der Waals surface area contributed by atoms with Crippen molar-refractivity contribution in [2.45, 2.75) is 19.9 Å². The van der Waals surface area contributed by atoms with Gasteiger partial charge in [0.25, 0.3) is 0 Å². The topological polar surface area (TPSA) is 12.0 Å². The number of para-hydroxylation sites is 1. The van der Waals surface area contributed by atoms with Crippen molar-refractivity contribution < 1.29 is 0 Å². The standard InChI is InChI=1S/C15H16BrN/c1-2-12-7-9-13(10-8-12)11-17-15-6-4-3-5-14(15)16/h3-10,17H,2,11H2,1H3. The number of hydrogen-bond acceptors (Lipinski definition) is 1. The third-order valence-corrected chi connectivity index (χ3v) is 3.48. The lowest BCUT2D eigenvalue weighted by atomic mass is 10.1. The molecular weight excluding hydrogens is 274 g/mol. The summed E-state index contributed by atoms with van der Waals surface area (Å²) in [4.78, 5) is 0. The summed E-state index contributed by atoms with van der Waals surface area (Å²) in [6, 6.07) is 16.9. The summed E-state index contributed by atoms with van der Waals surface area (Å²) in [7, 11) is 0. The van der Waals surface area contributed by atoms with Crippen LogP contribution in [0.4, 0.5) is 5.69 Å². The van der Waals surface area contributed by atoms with Crippen molar-refractivity contribution in [1.29, 1.82) is 0 Å². The van der Waals surface area contributed by atoms with E-state index in [1.54, 1.807) is 0 Å². The maximum atomic E-state index is 3.53. The molecule has 2 rings (SSSR count). The SMILES string of the molecule is CCc1ccc(CNc2ccccc2Br)cc1. The van der Waals surface area contributed by atoms with E-state index in [2.05, 4.69) is 58.5 Å². The fourth-order valence-corrected chi connectivity index (χ4v) is 2.12. The molecule has 0 fully saturated rings. The van der Waals surface area contributed by atoms with Gasteiger partial charge in [0.2, 0.25) is 0 Å². The summed E-state index contributed by atoms with van der Waals surface area (Å²) in [5, 5.41) is 3.42. The lowest BCUT2D eigenvalue weighted by Crippen LogP contribution is -1.99. The minimum atomic E-state index is 0.854. The molecule has 0 atom stereocenters. The van der Waals surface area contributed by atoms with E-state index in [-0.39, 0.29) is 0 Å². The van der Waals surface area contributed by atoms with Gasteiger partial charge in [-0.3, -0.25) is 0 Å². The van der Waals surface area contributed by atoms with Crippen LogP contribution in [0.5, 0.6) is 0 Å². The highest BCUT2D eigenvalue weighted by Crippen LogP contribution is 2.21. The molecule has 17 heavy (non-hydrogen) atoms. The van der Waals surface area contributed by atoms with Gasteiger partial charge in [0.05, 0.1) is 0 Å². The average molecular weight is 290 g/mol. The van der Waals surface area contributed by atoms with E-state index in [4.69, 9.17) is 0 Å². The van der Waals surface area contributed by atoms with Crippen LogP contribution in [0.2, 0.25) is 0 Å². The summed E-state index contributed by atoms with van der Waals surface area (Å²) in [6.07, 6.45) is 1.10. The molecule has 0 bridgehead atoms. The Bertz CT molecular complexity index is 477.